The van der Waals surface area contributed by atoms with Gasteiger partial charge in [-0.2, -0.15) is 0 Å². The summed E-state index contributed by atoms with van der Waals surface area (Å²) in [6.07, 6.45) is 1.64. The molecule has 1 heterocycles. The lowest BCUT2D eigenvalue weighted by molar-refractivity contribution is -0.121. The van der Waals surface area contributed by atoms with Crippen LogP contribution in [0.4, 0.5) is 5.69 Å². The summed E-state index contributed by atoms with van der Waals surface area (Å²) in [6, 6.07) is 19.3. The van der Waals surface area contributed by atoms with E-state index in [2.05, 4.69) is 5.32 Å². The molecular weight excluding hydrogens is 473 g/mol. The van der Waals surface area contributed by atoms with Gasteiger partial charge in [0.05, 0.1) is 12.7 Å². The van der Waals surface area contributed by atoms with E-state index in [9.17, 15) is 14.4 Å². The molecule has 0 fully saturated rings. The van der Waals surface area contributed by atoms with Crippen LogP contribution in [-0.4, -0.2) is 24.8 Å². The Morgan fingerprint density at radius 2 is 1.76 bits per heavy atom. The number of ketones is 1. The van der Waals surface area contributed by atoms with Crippen LogP contribution >= 0.6 is 23.2 Å². The van der Waals surface area contributed by atoms with E-state index in [4.69, 9.17) is 27.9 Å². The molecule has 1 spiro atoms. The lowest BCUT2D eigenvalue weighted by atomic mass is 9.58. The molecule has 0 radical (unpaired) electrons. The number of fused-ring (bicyclic) bond motifs is 2. The van der Waals surface area contributed by atoms with Crippen LogP contribution in [0.2, 0.25) is 10.0 Å². The first-order valence-electron chi connectivity index (χ1n) is 10.6. The van der Waals surface area contributed by atoms with E-state index in [1.165, 1.54) is 13.2 Å². The molecule has 5 rings (SSSR count). The minimum absolute atomic E-state index is 0.121. The summed E-state index contributed by atoms with van der Waals surface area (Å²) in [5.41, 5.74) is 2.27. The summed E-state index contributed by atoms with van der Waals surface area (Å²) in [5.74, 6) is -1.42. The Balaban J connectivity index is 1.82. The maximum absolute atomic E-state index is 13.9. The van der Waals surface area contributed by atoms with Crippen molar-refractivity contribution in [1.82, 2.24) is 0 Å². The number of allylic oxidation sites excluding steroid dienone is 1. The number of anilines is 1. The molecular formula is C27H19Cl2NO4. The third-order valence-electron chi connectivity index (χ3n) is 6.52. The molecule has 1 aliphatic heterocycles. The Labute approximate surface area is 206 Å². The zero-order valence-corrected chi connectivity index (χ0v) is 19.6. The maximum Gasteiger partial charge on any atom is 0.337 e. The molecule has 34 heavy (non-hydrogen) atoms. The molecule has 0 unspecified atom stereocenters. The van der Waals surface area contributed by atoms with Crippen LogP contribution in [0.15, 0.2) is 72.8 Å². The number of carbonyl (C=O) groups is 3. The third kappa shape index (κ3) is 3.44. The summed E-state index contributed by atoms with van der Waals surface area (Å²) in [7, 11) is 1.31. The average molecular weight is 492 g/mol. The highest BCUT2D eigenvalue weighted by Gasteiger charge is 2.57. The van der Waals surface area contributed by atoms with Gasteiger partial charge in [0.25, 0.3) is 0 Å². The lowest BCUT2D eigenvalue weighted by Crippen LogP contribution is -2.45. The van der Waals surface area contributed by atoms with Gasteiger partial charge in [-0.1, -0.05) is 53.5 Å². The number of halogens is 2. The SMILES string of the molecule is COC(=O)c1cccc(C2=CC(=O)C[C@@H](c3cccc(Cl)c3)[C@]23C(=O)Nc2cc(Cl)ccc23)c1. The van der Waals surface area contributed by atoms with Gasteiger partial charge in [0.15, 0.2) is 5.78 Å². The van der Waals surface area contributed by atoms with Crippen molar-refractivity contribution >= 4 is 52.1 Å². The molecule has 2 atom stereocenters. The van der Waals surface area contributed by atoms with Gasteiger partial charge in [0.2, 0.25) is 5.91 Å². The fraction of sp³-hybridized carbons (Fsp3) is 0.148. The molecule has 170 valence electrons. The van der Waals surface area contributed by atoms with Gasteiger partial charge in [0.1, 0.15) is 5.41 Å². The highest BCUT2D eigenvalue weighted by Crippen LogP contribution is 2.58. The largest absolute Gasteiger partial charge is 0.465 e. The van der Waals surface area contributed by atoms with Crippen molar-refractivity contribution in [1.29, 1.82) is 0 Å². The van der Waals surface area contributed by atoms with Crippen molar-refractivity contribution < 1.29 is 19.1 Å². The first kappa shape index (κ1) is 22.4. The molecule has 1 amide bonds. The van der Waals surface area contributed by atoms with Crippen LogP contribution in [0.5, 0.6) is 0 Å². The monoisotopic (exact) mass is 491 g/mol. The highest BCUT2D eigenvalue weighted by atomic mass is 35.5. The van der Waals surface area contributed by atoms with E-state index >= 15 is 0 Å². The van der Waals surface area contributed by atoms with Gasteiger partial charge in [0, 0.05) is 28.1 Å². The highest BCUT2D eigenvalue weighted by molar-refractivity contribution is 6.31. The van der Waals surface area contributed by atoms with Crippen LogP contribution in [0, 0.1) is 0 Å². The smallest absolute Gasteiger partial charge is 0.337 e. The van der Waals surface area contributed by atoms with Crippen molar-refractivity contribution in [3.63, 3.8) is 0 Å². The van der Waals surface area contributed by atoms with Crippen LogP contribution < -0.4 is 5.32 Å². The number of rotatable bonds is 3. The van der Waals surface area contributed by atoms with Crippen LogP contribution in [0.3, 0.4) is 0 Å². The molecule has 0 bridgehead atoms. The van der Waals surface area contributed by atoms with E-state index in [1.807, 2.05) is 12.1 Å². The summed E-state index contributed by atoms with van der Waals surface area (Å²) in [5, 5.41) is 3.98. The predicted octanol–water partition coefficient (Wildman–Crippen LogP) is 5.81. The fourth-order valence-electron chi connectivity index (χ4n) is 5.13. The first-order chi connectivity index (χ1) is 16.3. The zero-order valence-electron chi connectivity index (χ0n) is 18.1. The van der Waals surface area contributed by atoms with E-state index in [1.54, 1.807) is 54.6 Å². The molecule has 5 nitrogen and oxygen atoms in total. The van der Waals surface area contributed by atoms with Crippen LogP contribution in [0.1, 0.15) is 39.4 Å². The van der Waals surface area contributed by atoms with Crippen LogP contribution in [0.25, 0.3) is 5.57 Å². The Morgan fingerprint density at radius 3 is 2.53 bits per heavy atom. The Kier molecular flexibility index (Phi) is 5.54. The fourth-order valence-corrected chi connectivity index (χ4v) is 5.50. The standard InChI is InChI=1S/C27H19Cl2NO4/c1-34-25(32)17-6-2-4-15(10-17)22-13-20(31)14-23(16-5-3-7-18(28)11-16)27(22)21-9-8-19(29)12-24(21)30-26(27)33/h2-13,23H,14H2,1H3,(H,30,33)/t23-,27+/m0/s1. The number of hydrogen-bond acceptors (Lipinski definition) is 4. The number of nitrogens with one attached hydrogen (secondary N) is 1. The number of esters is 1. The minimum atomic E-state index is -1.23. The van der Waals surface area contributed by atoms with Crippen molar-refractivity contribution in [2.45, 2.75) is 17.8 Å². The summed E-state index contributed by atoms with van der Waals surface area (Å²) in [6.45, 7) is 0. The quantitative estimate of drug-likeness (QED) is 0.469. The van der Waals surface area contributed by atoms with Gasteiger partial charge < -0.3 is 10.1 Å². The topological polar surface area (TPSA) is 72.5 Å². The van der Waals surface area contributed by atoms with E-state index < -0.39 is 17.3 Å². The van der Waals surface area contributed by atoms with E-state index in [0.717, 1.165) is 5.56 Å². The number of ether oxygens (including phenoxy) is 1. The van der Waals surface area contributed by atoms with Gasteiger partial charge in [-0.15, -0.1) is 0 Å². The molecule has 0 saturated heterocycles. The van der Waals surface area contributed by atoms with Gasteiger partial charge in [-0.05, 0) is 64.7 Å². The maximum atomic E-state index is 13.9. The molecule has 0 aromatic heterocycles. The average Bonchev–Trinajstić information content (AvgIpc) is 3.11. The zero-order chi connectivity index (χ0) is 24.0. The second-order valence-corrected chi connectivity index (χ2v) is 9.23. The number of carbonyl (C=O) groups excluding carboxylic acids is 3. The van der Waals surface area contributed by atoms with Crippen LogP contribution in [-0.2, 0) is 19.7 Å². The Bertz CT molecular complexity index is 1400. The Hall–Kier alpha value is -3.41. The van der Waals surface area contributed by atoms with E-state index in [-0.39, 0.29) is 18.1 Å². The number of methoxy groups -OCH3 is 1. The van der Waals surface area contributed by atoms with Crippen molar-refractivity contribution in [3.05, 3.63) is 105 Å². The molecule has 7 heteroatoms. The van der Waals surface area contributed by atoms with Crippen molar-refractivity contribution in [3.8, 4) is 0 Å². The van der Waals surface area contributed by atoms with Crippen molar-refractivity contribution in [2.24, 2.45) is 0 Å². The summed E-state index contributed by atoms with van der Waals surface area (Å²) >= 11 is 12.5. The molecule has 3 aromatic carbocycles. The van der Waals surface area contributed by atoms with Crippen molar-refractivity contribution in [2.75, 3.05) is 12.4 Å². The van der Waals surface area contributed by atoms with Gasteiger partial charge >= 0.3 is 5.97 Å². The minimum Gasteiger partial charge on any atom is -0.465 e. The normalized spacial score (nSPS) is 21.1. The number of amides is 1. The molecule has 3 aromatic rings. The molecule has 0 saturated carbocycles. The molecule has 1 aliphatic carbocycles. The second kappa shape index (κ2) is 8.42. The summed E-state index contributed by atoms with van der Waals surface area (Å²) < 4.78 is 4.88. The number of hydrogen-bond donors (Lipinski definition) is 1. The molecule has 1 N–H and O–H groups in total. The lowest BCUT2D eigenvalue weighted by Gasteiger charge is -2.41. The first-order valence-corrected chi connectivity index (χ1v) is 11.4. The third-order valence-corrected chi connectivity index (χ3v) is 6.99. The molecule has 2 aliphatic rings. The van der Waals surface area contributed by atoms with Gasteiger partial charge in [-0.3, -0.25) is 9.59 Å². The second-order valence-electron chi connectivity index (χ2n) is 8.36. The van der Waals surface area contributed by atoms with E-state index in [0.29, 0.717) is 38.0 Å². The predicted molar refractivity (Wildman–Crippen MR) is 131 cm³/mol. The Morgan fingerprint density at radius 1 is 1.00 bits per heavy atom. The number of benzene rings is 3. The van der Waals surface area contributed by atoms with Gasteiger partial charge in [-0.25, -0.2) is 4.79 Å². The summed E-state index contributed by atoms with van der Waals surface area (Å²) in [4.78, 5) is 39.2.